The van der Waals surface area contributed by atoms with Crippen LogP contribution in [0.2, 0.25) is 0 Å². The Morgan fingerprint density at radius 2 is 2.03 bits per heavy atom. The van der Waals surface area contributed by atoms with E-state index >= 15 is 0 Å². The lowest BCUT2D eigenvalue weighted by Gasteiger charge is -2.46. The quantitative estimate of drug-likeness (QED) is 0.597. The van der Waals surface area contributed by atoms with Crippen LogP contribution in [0.15, 0.2) is 36.5 Å². The van der Waals surface area contributed by atoms with Crippen LogP contribution in [0.25, 0.3) is 0 Å². The number of nitrogens with zero attached hydrogens (tertiary/aromatic N) is 4. The monoisotopic (exact) mass is 468 g/mol. The summed E-state index contributed by atoms with van der Waals surface area (Å²) in [4.78, 5) is 21.6. The summed E-state index contributed by atoms with van der Waals surface area (Å²) in [6.07, 6.45) is 5.09. The van der Waals surface area contributed by atoms with Crippen molar-refractivity contribution >= 4 is 11.7 Å². The van der Waals surface area contributed by atoms with Crippen molar-refractivity contribution in [2.75, 3.05) is 24.6 Å². The van der Waals surface area contributed by atoms with Gasteiger partial charge in [0.15, 0.2) is 11.6 Å². The molecule has 1 amide bonds. The van der Waals surface area contributed by atoms with E-state index in [4.69, 9.17) is 10.00 Å². The number of pyridine rings is 1. The lowest BCUT2D eigenvalue weighted by molar-refractivity contribution is -0.140. The van der Waals surface area contributed by atoms with Crippen LogP contribution in [-0.4, -0.2) is 47.6 Å². The van der Waals surface area contributed by atoms with Gasteiger partial charge in [0.1, 0.15) is 11.9 Å². The number of carbonyl (C=O) groups excluding carboxylic acids is 1. The molecule has 1 aliphatic heterocycles. The van der Waals surface area contributed by atoms with Crippen molar-refractivity contribution in [3.63, 3.8) is 0 Å². The number of anilines is 1. The van der Waals surface area contributed by atoms with Gasteiger partial charge in [0, 0.05) is 31.4 Å². The molecule has 0 radical (unpaired) electrons. The van der Waals surface area contributed by atoms with Crippen LogP contribution in [0.3, 0.4) is 0 Å². The van der Waals surface area contributed by atoms with Crippen molar-refractivity contribution in [1.82, 2.24) is 9.88 Å². The molecule has 0 spiro atoms. The van der Waals surface area contributed by atoms with Gasteiger partial charge >= 0.3 is 0 Å². The summed E-state index contributed by atoms with van der Waals surface area (Å²) < 4.78 is 33.2. The van der Waals surface area contributed by atoms with Gasteiger partial charge in [0.2, 0.25) is 5.91 Å². The van der Waals surface area contributed by atoms with Crippen LogP contribution >= 0.6 is 0 Å². The minimum Gasteiger partial charge on any atom is -0.370 e. The summed E-state index contributed by atoms with van der Waals surface area (Å²) in [5.41, 5.74) is 0.521. The molecule has 0 N–H and O–H groups in total. The van der Waals surface area contributed by atoms with E-state index in [0.29, 0.717) is 24.2 Å². The first kappa shape index (κ1) is 24.1. The average Bonchev–Trinajstić information content (AvgIpc) is 2.82. The van der Waals surface area contributed by atoms with Gasteiger partial charge in [-0.25, -0.2) is 13.8 Å². The number of benzene rings is 1. The molecule has 6 nitrogen and oxygen atoms in total. The standard InChI is InChI=1S/C26H30F2N4O2/c1-3-21-17-31(16-18(2)32(21)24-8-5-19(14-29)15-30-24)25(33)9-12-34-26(10-4-11-26)20-6-7-22(27)23(28)13-20/h5-8,13,15,18,21H,3-4,9-12,16-17H2,1-2H3. The summed E-state index contributed by atoms with van der Waals surface area (Å²) in [5.74, 6) is -0.911. The van der Waals surface area contributed by atoms with E-state index in [0.717, 1.165) is 37.6 Å². The van der Waals surface area contributed by atoms with Crippen molar-refractivity contribution in [3.8, 4) is 6.07 Å². The molecular formula is C26H30F2N4O2. The van der Waals surface area contributed by atoms with Crippen LogP contribution in [0.5, 0.6) is 0 Å². The number of nitriles is 1. The fourth-order valence-corrected chi connectivity index (χ4v) is 5.02. The highest BCUT2D eigenvalue weighted by Crippen LogP contribution is 2.45. The molecule has 34 heavy (non-hydrogen) atoms. The van der Waals surface area contributed by atoms with E-state index in [9.17, 15) is 13.6 Å². The molecule has 2 unspecified atom stereocenters. The maximum absolute atomic E-state index is 13.7. The van der Waals surface area contributed by atoms with E-state index in [1.54, 1.807) is 18.3 Å². The first-order chi connectivity index (χ1) is 16.4. The van der Waals surface area contributed by atoms with E-state index in [1.807, 2.05) is 11.0 Å². The summed E-state index contributed by atoms with van der Waals surface area (Å²) in [7, 11) is 0. The number of ether oxygens (including phenoxy) is 1. The van der Waals surface area contributed by atoms with Crippen LogP contribution in [-0.2, 0) is 15.1 Å². The highest BCUT2D eigenvalue weighted by atomic mass is 19.2. The van der Waals surface area contributed by atoms with Crippen molar-refractivity contribution in [3.05, 3.63) is 59.3 Å². The van der Waals surface area contributed by atoms with Crippen molar-refractivity contribution in [2.45, 2.75) is 63.6 Å². The van der Waals surface area contributed by atoms with Gasteiger partial charge in [-0.3, -0.25) is 4.79 Å². The van der Waals surface area contributed by atoms with E-state index in [1.165, 1.54) is 6.07 Å². The molecule has 1 aliphatic carbocycles. The predicted molar refractivity (Wildman–Crippen MR) is 124 cm³/mol. The molecule has 2 aromatic rings. The second kappa shape index (κ2) is 10.1. The van der Waals surface area contributed by atoms with Gasteiger partial charge in [0.25, 0.3) is 0 Å². The molecule has 1 aromatic carbocycles. The molecular weight excluding hydrogens is 438 g/mol. The molecule has 4 rings (SSSR count). The zero-order chi connectivity index (χ0) is 24.3. The lowest BCUT2D eigenvalue weighted by Crippen LogP contribution is -2.59. The molecule has 8 heteroatoms. The van der Waals surface area contributed by atoms with Gasteiger partial charge in [0.05, 0.1) is 24.2 Å². The molecule has 2 fully saturated rings. The first-order valence-electron chi connectivity index (χ1n) is 11.9. The summed E-state index contributed by atoms with van der Waals surface area (Å²) >= 11 is 0. The van der Waals surface area contributed by atoms with Crippen LogP contribution < -0.4 is 4.90 Å². The summed E-state index contributed by atoms with van der Waals surface area (Å²) in [6, 6.07) is 9.82. The number of halogens is 2. The number of hydrogen-bond donors (Lipinski definition) is 0. The zero-order valence-electron chi connectivity index (χ0n) is 19.6. The van der Waals surface area contributed by atoms with Crippen molar-refractivity contribution in [1.29, 1.82) is 5.26 Å². The molecule has 2 aliphatic rings. The number of carbonyl (C=O) groups is 1. The fraction of sp³-hybridized carbons (Fsp3) is 0.500. The molecule has 2 heterocycles. The van der Waals surface area contributed by atoms with Crippen LogP contribution in [0.4, 0.5) is 14.6 Å². The first-order valence-corrected chi connectivity index (χ1v) is 11.9. The number of amides is 1. The third-order valence-electron chi connectivity index (χ3n) is 7.05. The Labute approximate surface area is 199 Å². The number of aromatic nitrogens is 1. The maximum atomic E-state index is 13.7. The second-order valence-corrected chi connectivity index (χ2v) is 9.21. The fourth-order valence-electron chi connectivity index (χ4n) is 5.02. The van der Waals surface area contributed by atoms with Gasteiger partial charge in [-0.05, 0) is 62.4 Å². The Bertz CT molecular complexity index is 1070. The minimum absolute atomic E-state index is 0.0255. The second-order valence-electron chi connectivity index (χ2n) is 9.21. The molecule has 180 valence electrons. The molecule has 1 saturated carbocycles. The van der Waals surface area contributed by atoms with Gasteiger partial charge in [-0.15, -0.1) is 0 Å². The number of rotatable bonds is 7. The Hall–Kier alpha value is -3.05. The predicted octanol–water partition coefficient (Wildman–Crippen LogP) is 4.53. The minimum atomic E-state index is -0.877. The van der Waals surface area contributed by atoms with Crippen LogP contribution in [0, 0.1) is 23.0 Å². The van der Waals surface area contributed by atoms with Crippen LogP contribution in [0.1, 0.15) is 57.1 Å². The van der Waals surface area contributed by atoms with E-state index < -0.39 is 17.2 Å². The maximum Gasteiger partial charge on any atom is 0.225 e. The molecule has 1 saturated heterocycles. The van der Waals surface area contributed by atoms with Crippen molar-refractivity contribution < 1.29 is 18.3 Å². The number of piperazine rings is 1. The summed E-state index contributed by atoms with van der Waals surface area (Å²) in [6.45, 7) is 5.57. The Morgan fingerprint density at radius 1 is 1.24 bits per heavy atom. The van der Waals surface area contributed by atoms with Gasteiger partial charge < -0.3 is 14.5 Å². The van der Waals surface area contributed by atoms with Gasteiger partial charge in [-0.1, -0.05) is 13.0 Å². The largest absolute Gasteiger partial charge is 0.370 e. The zero-order valence-corrected chi connectivity index (χ0v) is 19.6. The van der Waals surface area contributed by atoms with Crippen molar-refractivity contribution in [2.24, 2.45) is 0 Å². The number of hydrogen-bond acceptors (Lipinski definition) is 5. The summed E-state index contributed by atoms with van der Waals surface area (Å²) in [5, 5.41) is 9.02. The highest BCUT2D eigenvalue weighted by molar-refractivity contribution is 5.76. The average molecular weight is 469 g/mol. The SMILES string of the molecule is CCC1CN(C(=O)CCOC2(c3ccc(F)c(F)c3)CCC2)CC(C)N1c1ccc(C#N)cn1. The van der Waals surface area contributed by atoms with E-state index in [2.05, 4.69) is 29.8 Å². The Morgan fingerprint density at radius 3 is 2.62 bits per heavy atom. The smallest absolute Gasteiger partial charge is 0.225 e. The molecule has 1 aromatic heterocycles. The third-order valence-corrected chi connectivity index (χ3v) is 7.05. The van der Waals surface area contributed by atoms with Gasteiger partial charge in [-0.2, -0.15) is 5.26 Å². The molecule has 0 bridgehead atoms. The Kier molecular flexibility index (Phi) is 7.13. The van der Waals surface area contributed by atoms with E-state index in [-0.39, 0.29) is 31.0 Å². The normalized spacial score (nSPS) is 21.6. The highest BCUT2D eigenvalue weighted by Gasteiger charge is 2.41. The topological polar surface area (TPSA) is 69.5 Å². The Balaban J connectivity index is 1.36. The third kappa shape index (κ3) is 4.76. The molecule has 2 atom stereocenters. The lowest BCUT2D eigenvalue weighted by atomic mass is 9.75.